The predicted molar refractivity (Wildman–Crippen MR) is 93.6 cm³/mol. The molecule has 0 spiro atoms. The molecule has 2 heterocycles. The van der Waals surface area contributed by atoms with E-state index >= 15 is 0 Å². The molecule has 0 aromatic heterocycles. The van der Waals surface area contributed by atoms with Crippen LogP contribution in [0.5, 0.6) is 0 Å². The summed E-state index contributed by atoms with van der Waals surface area (Å²) in [7, 11) is 0. The van der Waals surface area contributed by atoms with Gasteiger partial charge in [-0.25, -0.2) is 9.59 Å². The Morgan fingerprint density at radius 2 is 1.08 bits per heavy atom. The predicted octanol–water partition coefficient (Wildman–Crippen LogP) is 0.0320. The van der Waals surface area contributed by atoms with Crippen molar-refractivity contribution < 1.29 is 9.59 Å². The zero-order valence-corrected chi connectivity index (χ0v) is 14.5. The molecule has 2 saturated heterocycles. The summed E-state index contributed by atoms with van der Waals surface area (Å²) < 4.78 is 0. The summed E-state index contributed by atoms with van der Waals surface area (Å²) in [5.74, 6) is 0. The van der Waals surface area contributed by atoms with Gasteiger partial charge in [-0.05, 0) is 38.5 Å². The Kier molecular flexibility index (Phi) is 7.58. The number of carbonyl (C=O) groups excluding carboxylic acids is 2. The number of hydrogen-bond acceptors (Lipinski definition) is 4. The van der Waals surface area contributed by atoms with Crippen LogP contribution < -0.4 is 22.1 Å². The zero-order chi connectivity index (χ0) is 17.4. The van der Waals surface area contributed by atoms with Crippen LogP contribution in [-0.4, -0.2) is 73.2 Å². The van der Waals surface area contributed by atoms with Crippen LogP contribution in [0, 0.1) is 0 Å². The van der Waals surface area contributed by atoms with Crippen molar-refractivity contribution >= 4 is 12.1 Å². The molecule has 8 nitrogen and oxygen atoms in total. The number of nitrogens with two attached hydrogens (primary N) is 2. The van der Waals surface area contributed by atoms with Crippen LogP contribution in [0.25, 0.3) is 0 Å². The fraction of sp³-hybridized carbons (Fsp3) is 0.875. The molecule has 6 N–H and O–H groups in total. The first-order valence-corrected chi connectivity index (χ1v) is 9.13. The van der Waals surface area contributed by atoms with Gasteiger partial charge in [0.25, 0.3) is 0 Å². The van der Waals surface area contributed by atoms with Crippen molar-refractivity contribution in [2.45, 2.75) is 50.6 Å². The molecule has 4 amide bonds. The Hall–Kier alpha value is -1.54. The smallest absolute Gasteiger partial charge is 0.317 e. The summed E-state index contributed by atoms with van der Waals surface area (Å²) in [5, 5.41) is 5.87. The third-order valence-electron chi connectivity index (χ3n) is 4.81. The topological polar surface area (TPSA) is 117 Å². The zero-order valence-electron chi connectivity index (χ0n) is 14.5. The second-order valence-electron chi connectivity index (χ2n) is 6.82. The number of rotatable bonds is 5. The quantitative estimate of drug-likeness (QED) is 0.528. The third-order valence-corrected chi connectivity index (χ3v) is 4.81. The van der Waals surface area contributed by atoms with Crippen LogP contribution >= 0.6 is 0 Å². The lowest BCUT2D eigenvalue weighted by molar-refractivity contribution is 0.180. The van der Waals surface area contributed by atoms with Gasteiger partial charge in [-0.2, -0.15) is 0 Å². The molecule has 0 atom stereocenters. The highest BCUT2D eigenvalue weighted by Gasteiger charge is 2.21. The summed E-state index contributed by atoms with van der Waals surface area (Å²) in [4.78, 5) is 27.6. The normalized spacial score (nSPS) is 20.1. The van der Waals surface area contributed by atoms with E-state index in [1.54, 1.807) is 0 Å². The van der Waals surface area contributed by atoms with Crippen molar-refractivity contribution in [2.75, 3.05) is 39.3 Å². The lowest BCUT2D eigenvalue weighted by Crippen LogP contribution is -2.47. The maximum Gasteiger partial charge on any atom is 0.317 e. The molecular weight excluding hydrogens is 308 g/mol. The van der Waals surface area contributed by atoms with E-state index in [-0.39, 0.29) is 24.1 Å². The molecular formula is C16H32N6O2. The minimum Gasteiger partial charge on any atom is -0.338 e. The average molecular weight is 340 g/mol. The SMILES string of the molecule is NC1CCN(C(=O)NCCCCNC(=O)N2CCC(N)CC2)CC1. The van der Waals surface area contributed by atoms with E-state index in [9.17, 15) is 9.59 Å². The number of nitrogens with zero attached hydrogens (tertiary/aromatic N) is 2. The van der Waals surface area contributed by atoms with Gasteiger partial charge in [-0.1, -0.05) is 0 Å². The van der Waals surface area contributed by atoms with E-state index in [0.29, 0.717) is 13.1 Å². The molecule has 138 valence electrons. The van der Waals surface area contributed by atoms with E-state index in [4.69, 9.17) is 11.5 Å². The summed E-state index contributed by atoms with van der Waals surface area (Å²) in [6, 6.07) is 0.452. The summed E-state index contributed by atoms with van der Waals surface area (Å²) >= 11 is 0. The lowest BCUT2D eigenvalue weighted by atomic mass is 10.1. The van der Waals surface area contributed by atoms with Crippen LogP contribution in [0.4, 0.5) is 9.59 Å². The minimum absolute atomic E-state index is 0.00408. The van der Waals surface area contributed by atoms with Gasteiger partial charge in [-0.3, -0.25) is 0 Å². The van der Waals surface area contributed by atoms with Gasteiger partial charge < -0.3 is 31.9 Å². The highest BCUT2D eigenvalue weighted by atomic mass is 16.2. The van der Waals surface area contributed by atoms with E-state index in [1.807, 2.05) is 9.80 Å². The first-order chi connectivity index (χ1) is 11.6. The van der Waals surface area contributed by atoms with Gasteiger partial charge in [0.2, 0.25) is 0 Å². The lowest BCUT2D eigenvalue weighted by Gasteiger charge is -2.30. The molecule has 2 fully saturated rings. The molecule has 0 unspecified atom stereocenters. The molecule has 2 aliphatic rings. The molecule has 2 aliphatic heterocycles. The van der Waals surface area contributed by atoms with Gasteiger partial charge in [0.1, 0.15) is 0 Å². The Morgan fingerprint density at radius 3 is 1.42 bits per heavy atom. The molecule has 0 aromatic carbocycles. The van der Waals surface area contributed by atoms with Crippen LogP contribution in [0.3, 0.4) is 0 Å². The molecule has 0 saturated carbocycles. The monoisotopic (exact) mass is 340 g/mol. The maximum absolute atomic E-state index is 12.0. The van der Waals surface area contributed by atoms with Gasteiger partial charge in [0.05, 0.1) is 0 Å². The van der Waals surface area contributed by atoms with Crippen LogP contribution in [0.1, 0.15) is 38.5 Å². The fourth-order valence-electron chi connectivity index (χ4n) is 3.07. The summed E-state index contributed by atoms with van der Waals surface area (Å²) in [6.07, 6.45) is 5.21. The molecule has 0 aliphatic carbocycles. The molecule has 2 rings (SSSR count). The summed E-state index contributed by atoms with van der Waals surface area (Å²) in [6.45, 7) is 4.22. The van der Waals surface area contributed by atoms with E-state index in [1.165, 1.54) is 0 Å². The molecule has 24 heavy (non-hydrogen) atoms. The van der Waals surface area contributed by atoms with E-state index < -0.39 is 0 Å². The number of carbonyl (C=O) groups is 2. The minimum atomic E-state index is -0.00408. The Labute approximate surface area is 144 Å². The van der Waals surface area contributed by atoms with Gasteiger partial charge >= 0.3 is 12.1 Å². The van der Waals surface area contributed by atoms with Gasteiger partial charge in [-0.15, -0.1) is 0 Å². The van der Waals surface area contributed by atoms with Crippen molar-refractivity contribution in [2.24, 2.45) is 11.5 Å². The molecule has 8 heteroatoms. The first kappa shape index (κ1) is 18.8. The van der Waals surface area contributed by atoms with Crippen molar-refractivity contribution in [3.05, 3.63) is 0 Å². The van der Waals surface area contributed by atoms with Crippen LogP contribution in [0.2, 0.25) is 0 Å². The van der Waals surface area contributed by atoms with Gasteiger partial charge in [0.15, 0.2) is 0 Å². The van der Waals surface area contributed by atoms with Crippen LogP contribution in [0.15, 0.2) is 0 Å². The van der Waals surface area contributed by atoms with Gasteiger partial charge in [0, 0.05) is 51.4 Å². The Morgan fingerprint density at radius 1 is 0.750 bits per heavy atom. The van der Waals surface area contributed by atoms with Crippen molar-refractivity contribution in [1.82, 2.24) is 20.4 Å². The van der Waals surface area contributed by atoms with E-state index in [0.717, 1.165) is 64.7 Å². The highest BCUT2D eigenvalue weighted by molar-refractivity contribution is 5.74. The van der Waals surface area contributed by atoms with Crippen LogP contribution in [-0.2, 0) is 0 Å². The largest absolute Gasteiger partial charge is 0.338 e. The van der Waals surface area contributed by atoms with E-state index in [2.05, 4.69) is 10.6 Å². The van der Waals surface area contributed by atoms with Crippen molar-refractivity contribution in [1.29, 1.82) is 0 Å². The maximum atomic E-state index is 12.0. The Bertz CT molecular complexity index is 365. The highest BCUT2D eigenvalue weighted by Crippen LogP contribution is 2.08. The molecule has 0 aromatic rings. The second-order valence-corrected chi connectivity index (χ2v) is 6.82. The fourth-order valence-corrected chi connectivity index (χ4v) is 3.07. The number of nitrogens with one attached hydrogen (secondary N) is 2. The molecule has 0 radical (unpaired) electrons. The average Bonchev–Trinajstić information content (AvgIpc) is 2.58. The number of hydrogen-bond donors (Lipinski definition) is 4. The first-order valence-electron chi connectivity index (χ1n) is 9.13. The standard InChI is InChI=1S/C16H32N6O2/c17-13-3-9-21(10-4-13)15(23)19-7-1-2-8-20-16(24)22-11-5-14(18)6-12-22/h13-14H,1-12,17-18H2,(H,19,23)(H,20,24). The number of amides is 4. The number of piperidine rings is 2. The molecule has 0 bridgehead atoms. The third kappa shape index (κ3) is 6.16. The van der Waals surface area contributed by atoms with Crippen molar-refractivity contribution in [3.63, 3.8) is 0 Å². The number of unbranched alkanes of at least 4 members (excludes halogenated alkanes) is 1. The number of urea groups is 2. The second kappa shape index (κ2) is 9.68. The number of likely N-dealkylation sites (tertiary alicyclic amines) is 2. The Balaban J connectivity index is 1.48. The van der Waals surface area contributed by atoms with Crippen molar-refractivity contribution in [3.8, 4) is 0 Å². The summed E-state index contributed by atoms with van der Waals surface area (Å²) in [5.41, 5.74) is 11.7.